The molecule has 0 aliphatic heterocycles. The van der Waals surface area contributed by atoms with E-state index in [0.717, 1.165) is 27.7 Å². The van der Waals surface area contributed by atoms with Gasteiger partial charge in [-0.3, -0.25) is 0 Å². The maximum atomic E-state index is 13.1. The predicted molar refractivity (Wildman–Crippen MR) is 73.4 cm³/mol. The van der Waals surface area contributed by atoms with Crippen molar-refractivity contribution in [2.45, 2.75) is 13.0 Å². The molecule has 0 aliphatic rings. The van der Waals surface area contributed by atoms with Crippen molar-refractivity contribution in [2.75, 3.05) is 0 Å². The molecule has 3 rings (SSSR count). The minimum Gasteiger partial charge on any atom is -0.464 e. The van der Waals surface area contributed by atoms with Gasteiger partial charge in [-0.15, -0.1) is 0 Å². The molecule has 0 bridgehead atoms. The van der Waals surface area contributed by atoms with Crippen molar-refractivity contribution in [3.05, 3.63) is 71.2 Å². The zero-order chi connectivity index (χ0) is 13.4. The Labute approximate surface area is 110 Å². The van der Waals surface area contributed by atoms with Gasteiger partial charge in [-0.25, -0.2) is 4.39 Å². The van der Waals surface area contributed by atoms with Crippen molar-refractivity contribution in [3.63, 3.8) is 0 Å². The van der Waals surface area contributed by atoms with Crippen LogP contribution in [0.15, 0.2) is 53.1 Å². The maximum Gasteiger partial charge on any atom is 0.134 e. The molecule has 2 nitrogen and oxygen atoms in total. The number of hydrogen-bond acceptors (Lipinski definition) is 2. The van der Waals surface area contributed by atoms with Crippen LogP contribution in [0.3, 0.4) is 0 Å². The average Bonchev–Trinajstić information content (AvgIpc) is 2.82. The van der Waals surface area contributed by atoms with Gasteiger partial charge in [0, 0.05) is 10.9 Å². The molecule has 0 saturated heterocycles. The second-order valence-corrected chi connectivity index (χ2v) is 4.67. The fourth-order valence-electron chi connectivity index (χ4n) is 2.39. The number of rotatable bonds is 2. The number of hydrogen-bond donors (Lipinski definition) is 1. The summed E-state index contributed by atoms with van der Waals surface area (Å²) in [5.74, 6) is -0.245. The van der Waals surface area contributed by atoms with E-state index in [4.69, 9.17) is 10.2 Å². The molecule has 0 amide bonds. The van der Waals surface area contributed by atoms with Crippen molar-refractivity contribution in [1.82, 2.24) is 0 Å². The maximum absolute atomic E-state index is 13.1. The third kappa shape index (κ3) is 2.02. The molecule has 0 saturated carbocycles. The van der Waals surface area contributed by atoms with E-state index in [-0.39, 0.29) is 11.9 Å². The Bertz CT molecular complexity index is 732. The van der Waals surface area contributed by atoms with E-state index in [1.807, 2.05) is 31.2 Å². The number of benzene rings is 2. The summed E-state index contributed by atoms with van der Waals surface area (Å²) in [6.45, 7) is 1.86. The van der Waals surface area contributed by atoms with Crippen molar-refractivity contribution >= 4 is 11.0 Å². The van der Waals surface area contributed by atoms with Crippen molar-refractivity contribution < 1.29 is 8.81 Å². The van der Waals surface area contributed by atoms with Gasteiger partial charge >= 0.3 is 0 Å². The molecule has 96 valence electrons. The molecule has 1 heterocycles. The largest absolute Gasteiger partial charge is 0.464 e. The number of halogens is 1. The van der Waals surface area contributed by atoms with Crippen molar-refractivity contribution in [2.24, 2.45) is 5.73 Å². The first-order valence-electron chi connectivity index (χ1n) is 6.14. The van der Waals surface area contributed by atoms with Crippen LogP contribution in [0.2, 0.25) is 0 Å². The number of furan rings is 1. The minimum absolute atomic E-state index is 0.245. The fourth-order valence-corrected chi connectivity index (χ4v) is 2.39. The zero-order valence-electron chi connectivity index (χ0n) is 10.6. The summed E-state index contributed by atoms with van der Waals surface area (Å²) >= 11 is 0. The van der Waals surface area contributed by atoms with Gasteiger partial charge in [0.2, 0.25) is 0 Å². The summed E-state index contributed by atoms with van der Waals surface area (Å²) < 4.78 is 18.6. The first-order valence-corrected chi connectivity index (χ1v) is 6.14. The van der Waals surface area contributed by atoms with Gasteiger partial charge in [0.15, 0.2) is 0 Å². The van der Waals surface area contributed by atoms with Crippen LogP contribution in [-0.4, -0.2) is 0 Å². The van der Waals surface area contributed by atoms with E-state index in [1.54, 1.807) is 12.3 Å². The lowest BCUT2D eigenvalue weighted by Crippen LogP contribution is -2.12. The molecule has 19 heavy (non-hydrogen) atoms. The number of para-hydroxylation sites is 1. The zero-order valence-corrected chi connectivity index (χ0v) is 10.6. The summed E-state index contributed by atoms with van der Waals surface area (Å²) in [6, 6.07) is 12.1. The molecule has 0 fully saturated rings. The van der Waals surface area contributed by atoms with Gasteiger partial charge < -0.3 is 10.2 Å². The third-order valence-corrected chi connectivity index (χ3v) is 3.41. The third-order valence-electron chi connectivity index (χ3n) is 3.41. The van der Waals surface area contributed by atoms with Gasteiger partial charge in [0.05, 0.1) is 12.3 Å². The molecule has 1 aromatic heterocycles. The van der Waals surface area contributed by atoms with E-state index in [9.17, 15) is 4.39 Å². The Hall–Kier alpha value is -2.13. The molecule has 0 spiro atoms. The van der Waals surface area contributed by atoms with Gasteiger partial charge in [0.25, 0.3) is 0 Å². The smallest absolute Gasteiger partial charge is 0.134 e. The SMILES string of the molecule is Cc1cc(F)ccc1C(N)c1coc2ccccc12. The molecule has 2 N–H and O–H groups in total. The van der Waals surface area contributed by atoms with Gasteiger partial charge in [-0.1, -0.05) is 24.3 Å². The van der Waals surface area contributed by atoms with Crippen LogP contribution in [0.4, 0.5) is 4.39 Å². The predicted octanol–water partition coefficient (Wildman–Crippen LogP) is 3.93. The fraction of sp³-hybridized carbons (Fsp3) is 0.125. The Morgan fingerprint density at radius 1 is 1.11 bits per heavy atom. The van der Waals surface area contributed by atoms with Gasteiger partial charge in [0.1, 0.15) is 11.4 Å². The highest BCUT2D eigenvalue weighted by Crippen LogP contribution is 2.30. The van der Waals surface area contributed by atoms with E-state index < -0.39 is 0 Å². The van der Waals surface area contributed by atoms with Crippen molar-refractivity contribution in [1.29, 1.82) is 0 Å². The molecular formula is C16H14FNO. The summed E-state index contributed by atoms with van der Waals surface area (Å²) in [5.41, 5.74) is 9.78. The number of nitrogens with two attached hydrogens (primary N) is 1. The molecule has 2 aromatic carbocycles. The first kappa shape index (κ1) is 11.9. The molecule has 3 heteroatoms. The molecule has 0 aliphatic carbocycles. The lowest BCUT2D eigenvalue weighted by atomic mass is 9.95. The summed E-state index contributed by atoms with van der Waals surface area (Å²) in [5, 5.41) is 0.999. The Morgan fingerprint density at radius 3 is 2.68 bits per heavy atom. The highest BCUT2D eigenvalue weighted by molar-refractivity contribution is 5.81. The minimum atomic E-state index is -0.316. The molecular weight excluding hydrogens is 241 g/mol. The van der Waals surface area contributed by atoms with Crippen LogP contribution in [0.25, 0.3) is 11.0 Å². The molecule has 0 radical (unpaired) electrons. The van der Waals surface area contributed by atoms with E-state index in [1.165, 1.54) is 12.1 Å². The highest BCUT2D eigenvalue weighted by Gasteiger charge is 2.16. The van der Waals surface area contributed by atoms with E-state index in [0.29, 0.717) is 0 Å². The monoisotopic (exact) mass is 255 g/mol. The van der Waals surface area contributed by atoms with Crippen LogP contribution < -0.4 is 5.73 Å². The lowest BCUT2D eigenvalue weighted by Gasteiger charge is -2.13. The summed E-state index contributed by atoms with van der Waals surface area (Å²) in [7, 11) is 0. The summed E-state index contributed by atoms with van der Waals surface area (Å²) in [6.07, 6.45) is 1.68. The summed E-state index contributed by atoms with van der Waals surface area (Å²) in [4.78, 5) is 0. The lowest BCUT2D eigenvalue weighted by molar-refractivity contribution is 0.606. The first-order chi connectivity index (χ1) is 9.16. The molecule has 3 aromatic rings. The topological polar surface area (TPSA) is 39.2 Å². The average molecular weight is 255 g/mol. The second kappa shape index (κ2) is 4.52. The standard InChI is InChI=1S/C16H14FNO/c1-10-8-11(17)6-7-12(10)16(18)14-9-19-15-5-3-2-4-13(14)15/h2-9,16H,18H2,1H3. The van der Waals surface area contributed by atoms with Gasteiger partial charge in [-0.05, 0) is 36.2 Å². The quantitative estimate of drug-likeness (QED) is 0.753. The Morgan fingerprint density at radius 2 is 1.89 bits per heavy atom. The Balaban J connectivity index is 2.10. The number of aryl methyl sites for hydroxylation is 1. The van der Waals surface area contributed by atoms with Crippen LogP contribution in [0, 0.1) is 12.7 Å². The molecule has 1 atom stereocenters. The second-order valence-electron chi connectivity index (χ2n) is 4.67. The highest BCUT2D eigenvalue weighted by atomic mass is 19.1. The van der Waals surface area contributed by atoms with E-state index >= 15 is 0 Å². The van der Waals surface area contributed by atoms with Gasteiger partial charge in [-0.2, -0.15) is 0 Å². The van der Waals surface area contributed by atoms with Crippen molar-refractivity contribution in [3.8, 4) is 0 Å². The van der Waals surface area contributed by atoms with Crippen LogP contribution in [-0.2, 0) is 0 Å². The van der Waals surface area contributed by atoms with Crippen LogP contribution in [0.1, 0.15) is 22.7 Å². The van der Waals surface area contributed by atoms with Crippen LogP contribution >= 0.6 is 0 Å². The Kier molecular flexibility index (Phi) is 2.84. The van der Waals surface area contributed by atoms with E-state index in [2.05, 4.69) is 0 Å². The molecule has 1 unspecified atom stereocenters. The van der Waals surface area contributed by atoms with Crippen LogP contribution in [0.5, 0.6) is 0 Å². The number of fused-ring (bicyclic) bond motifs is 1. The normalized spacial score (nSPS) is 12.8.